The summed E-state index contributed by atoms with van der Waals surface area (Å²) in [6.45, 7) is 3.82. The third-order valence-corrected chi connectivity index (χ3v) is 4.94. The topological polar surface area (TPSA) is 89.0 Å². The molecule has 2 aromatic rings. The summed E-state index contributed by atoms with van der Waals surface area (Å²) in [4.78, 5) is 25.0. The van der Waals surface area contributed by atoms with Gasteiger partial charge in [-0.05, 0) is 47.9 Å². The molecule has 0 saturated heterocycles. The second kappa shape index (κ2) is 9.15. The van der Waals surface area contributed by atoms with Crippen molar-refractivity contribution < 1.29 is 19.1 Å². The monoisotopic (exact) mass is 435 g/mol. The highest BCUT2D eigenvalue weighted by molar-refractivity contribution is 6.42. The molecule has 1 atom stereocenters. The molecule has 152 valence electrons. The van der Waals surface area contributed by atoms with E-state index in [1.807, 2.05) is 13.8 Å². The summed E-state index contributed by atoms with van der Waals surface area (Å²) < 4.78 is 10.6. The minimum Gasteiger partial charge on any atom is -0.454 e. The lowest BCUT2D eigenvalue weighted by Crippen LogP contribution is -2.48. The first-order valence-corrected chi connectivity index (χ1v) is 9.59. The van der Waals surface area contributed by atoms with E-state index in [2.05, 4.69) is 15.8 Å². The molecule has 0 saturated carbocycles. The number of hydrazone groups is 1. The van der Waals surface area contributed by atoms with Crippen molar-refractivity contribution in [2.75, 3.05) is 6.79 Å². The highest BCUT2D eigenvalue weighted by Gasteiger charge is 2.24. The van der Waals surface area contributed by atoms with Gasteiger partial charge in [0.1, 0.15) is 6.04 Å². The van der Waals surface area contributed by atoms with Gasteiger partial charge in [0, 0.05) is 5.56 Å². The molecule has 0 aromatic heterocycles. The normalized spacial score (nSPS) is 13.6. The number of benzene rings is 2. The average molecular weight is 436 g/mol. The zero-order chi connectivity index (χ0) is 21.0. The number of hydrogen-bond acceptors (Lipinski definition) is 5. The van der Waals surface area contributed by atoms with E-state index in [1.54, 1.807) is 18.2 Å². The Morgan fingerprint density at radius 1 is 1.07 bits per heavy atom. The lowest BCUT2D eigenvalue weighted by Gasteiger charge is -2.20. The van der Waals surface area contributed by atoms with Crippen molar-refractivity contribution >= 4 is 41.2 Å². The Hall–Kier alpha value is -2.77. The molecule has 2 amide bonds. The standard InChI is InChI=1S/C20H19Cl2N3O4/c1-11(2)18(24-19(26)13-4-5-14(21)15(22)8-13)20(27)25-23-9-12-3-6-16-17(7-12)29-10-28-16/h3-9,11,18H,10H2,1-2H3,(H,24,26)(H,25,27)/b23-9-. The molecule has 1 unspecified atom stereocenters. The molecule has 0 radical (unpaired) electrons. The SMILES string of the molecule is CC(C)C(NC(=O)c1ccc(Cl)c(Cl)c1)C(=O)N/N=C\c1ccc2c(c1)OCO2. The fourth-order valence-corrected chi connectivity index (χ4v) is 2.93. The van der Waals surface area contributed by atoms with Crippen LogP contribution >= 0.6 is 23.2 Å². The average Bonchev–Trinajstić information content (AvgIpc) is 3.15. The number of carbonyl (C=O) groups is 2. The summed E-state index contributed by atoms with van der Waals surface area (Å²) in [7, 11) is 0. The van der Waals surface area contributed by atoms with E-state index < -0.39 is 17.9 Å². The van der Waals surface area contributed by atoms with Crippen LogP contribution in [0.2, 0.25) is 10.0 Å². The Balaban J connectivity index is 1.63. The predicted molar refractivity (Wildman–Crippen MR) is 111 cm³/mol. The van der Waals surface area contributed by atoms with Crippen LogP contribution in [0.5, 0.6) is 11.5 Å². The van der Waals surface area contributed by atoms with E-state index in [0.29, 0.717) is 22.1 Å². The van der Waals surface area contributed by atoms with Crippen molar-refractivity contribution in [1.82, 2.24) is 10.7 Å². The van der Waals surface area contributed by atoms with Gasteiger partial charge >= 0.3 is 0 Å². The van der Waals surface area contributed by atoms with Gasteiger partial charge in [0.15, 0.2) is 11.5 Å². The van der Waals surface area contributed by atoms with E-state index in [1.165, 1.54) is 24.4 Å². The third kappa shape index (κ3) is 5.19. The first-order chi connectivity index (χ1) is 13.8. The number of amides is 2. The zero-order valence-electron chi connectivity index (χ0n) is 15.7. The number of carbonyl (C=O) groups excluding carboxylic acids is 2. The maximum atomic E-state index is 12.5. The maximum absolute atomic E-state index is 12.5. The van der Waals surface area contributed by atoms with Gasteiger partial charge in [0.2, 0.25) is 6.79 Å². The van der Waals surface area contributed by atoms with Crippen molar-refractivity contribution in [2.45, 2.75) is 19.9 Å². The van der Waals surface area contributed by atoms with E-state index in [-0.39, 0.29) is 17.7 Å². The third-order valence-electron chi connectivity index (χ3n) is 4.20. The molecule has 1 aliphatic rings. The van der Waals surface area contributed by atoms with Crippen LogP contribution in [-0.2, 0) is 4.79 Å². The van der Waals surface area contributed by atoms with Crippen LogP contribution < -0.4 is 20.2 Å². The second-order valence-corrected chi connectivity index (χ2v) is 7.49. The molecule has 1 heterocycles. The fourth-order valence-electron chi connectivity index (χ4n) is 2.63. The number of rotatable bonds is 6. The number of nitrogens with one attached hydrogen (secondary N) is 2. The molecule has 1 aliphatic heterocycles. The Morgan fingerprint density at radius 3 is 2.55 bits per heavy atom. The van der Waals surface area contributed by atoms with E-state index in [4.69, 9.17) is 32.7 Å². The van der Waals surface area contributed by atoms with Crippen LogP contribution in [0.15, 0.2) is 41.5 Å². The summed E-state index contributed by atoms with van der Waals surface area (Å²) >= 11 is 11.8. The summed E-state index contributed by atoms with van der Waals surface area (Å²) in [6.07, 6.45) is 1.48. The predicted octanol–water partition coefficient (Wildman–Crippen LogP) is 3.63. The Bertz CT molecular complexity index is 963. The summed E-state index contributed by atoms with van der Waals surface area (Å²) in [5, 5.41) is 7.27. The molecule has 0 fully saturated rings. The van der Waals surface area contributed by atoms with Gasteiger partial charge in [0.05, 0.1) is 16.3 Å². The van der Waals surface area contributed by atoms with Crippen molar-refractivity contribution in [2.24, 2.45) is 11.0 Å². The van der Waals surface area contributed by atoms with Gasteiger partial charge < -0.3 is 14.8 Å². The molecular formula is C20H19Cl2N3O4. The maximum Gasteiger partial charge on any atom is 0.262 e. The molecule has 0 spiro atoms. The number of hydrogen-bond donors (Lipinski definition) is 2. The Labute approximate surface area is 178 Å². The van der Waals surface area contributed by atoms with Crippen molar-refractivity contribution in [3.63, 3.8) is 0 Å². The molecule has 3 rings (SSSR count). The minimum atomic E-state index is -0.786. The lowest BCUT2D eigenvalue weighted by molar-refractivity contribution is -0.123. The van der Waals surface area contributed by atoms with Gasteiger partial charge in [-0.2, -0.15) is 5.10 Å². The second-order valence-electron chi connectivity index (χ2n) is 6.67. The molecule has 9 heteroatoms. The van der Waals surface area contributed by atoms with Gasteiger partial charge in [-0.1, -0.05) is 37.0 Å². The first-order valence-electron chi connectivity index (χ1n) is 8.83. The van der Waals surface area contributed by atoms with Crippen LogP contribution in [0, 0.1) is 5.92 Å². The van der Waals surface area contributed by atoms with E-state index >= 15 is 0 Å². The number of halogens is 2. The van der Waals surface area contributed by atoms with E-state index in [0.717, 1.165) is 5.56 Å². The summed E-state index contributed by atoms with van der Waals surface area (Å²) in [6, 6.07) is 9.03. The molecule has 0 aliphatic carbocycles. The van der Waals surface area contributed by atoms with Crippen molar-refractivity contribution in [1.29, 1.82) is 0 Å². The van der Waals surface area contributed by atoms with Crippen LogP contribution in [0.1, 0.15) is 29.8 Å². The summed E-state index contributed by atoms with van der Waals surface area (Å²) in [5.74, 6) is 0.246. The van der Waals surface area contributed by atoms with Crippen molar-refractivity contribution in [3.05, 3.63) is 57.6 Å². The highest BCUT2D eigenvalue weighted by Crippen LogP contribution is 2.32. The quantitative estimate of drug-likeness (QED) is 0.535. The zero-order valence-corrected chi connectivity index (χ0v) is 17.3. The number of nitrogens with zero attached hydrogens (tertiary/aromatic N) is 1. The Kier molecular flexibility index (Phi) is 6.61. The lowest BCUT2D eigenvalue weighted by atomic mass is 10.0. The molecule has 2 N–H and O–H groups in total. The van der Waals surface area contributed by atoms with Gasteiger partial charge in [0.25, 0.3) is 11.8 Å². The van der Waals surface area contributed by atoms with Gasteiger partial charge in [-0.3, -0.25) is 9.59 Å². The number of fused-ring (bicyclic) bond motifs is 1. The molecule has 2 aromatic carbocycles. The molecular weight excluding hydrogens is 417 g/mol. The van der Waals surface area contributed by atoms with Gasteiger partial charge in [-0.15, -0.1) is 0 Å². The first kappa shape index (κ1) is 21.0. The smallest absolute Gasteiger partial charge is 0.262 e. The number of ether oxygens (including phenoxy) is 2. The minimum absolute atomic E-state index is 0.164. The molecule has 0 bridgehead atoms. The Morgan fingerprint density at radius 2 is 1.83 bits per heavy atom. The van der Waals surface area contributed by atoms with Crippen LogP contribution in [-0.4, -0.2) is 30.9 Å². The fraction of sp³-hybridized carbons (Fsp3) is 0.250. The van der Waals surface area contributed by atoms with Crippen LogP contribution in [0.4, 0.5) is 0 Å². The highest BCUT2D eigenvalue weighted by atomic mass is 35.5. The van der Waals surface area contributed by atoms with Gasteiger partial charge in [-0.25, -0.2) is 5.43 Å². The van der Waals surface area contributed by atoms with Crippen molar-refractivity contribution in [3.8, 4) is 11.5 Å². The van der Waals surface area contributed by atoms with E-state index in [9.17, 15) is 9.59 Å². The largest absolute Gasteiger partial charge is 0.454 e. The van der Waals surface area contributed by atoms with Crippen LogP contribution in [0.3, 0.4) is 0 Å². The molecule has 7 nitrogen and oxygen atoms in total. The summed E-state index contributed by atoms with van der Waals surface area (Å²) in [5.41, 5.74) is 3.49. The van der Waals surface area contributed by atoms with Crippen LogP contribution in [0.25, 0.3) is 0 Å². The molecule has 29 heavy (non-hydrogen) atoms.